The first kappa shape index (κ1) is 83.3. The number of amides is 8. The molecule has 6 rings (SSSR count). The molecule has 4 heterocycles. The fraction of sp³-hybridized carbons (Fsp3) is 0.582. The molecule has 1 aromatic rings. The number of Topliss-reactive ketones (excluding diaryl/α,β-unsaturated/α-hetero) is 5. The molecular weight excluding hydrogens is 1350 g/mol. The monoisotopic (exact) mass is 1440 g/mol. The topological polar surface area (TPSA) is 568 Å². The lowest BCUT2D eigenvalue weighted by molar-refractivity contribution is -0.148. The molecule has 19 N–H and O–H groups in total. The lowest BCUT2D eigenvalue weighted by Gasteiger charge is -2.37. The van der Waals surface area contributed by atoms with Gasteiger partial charge in [0.1, 0.15) is 71.4 Å². The molecule has 1 aromatic carbocycles. The maximum absolute atomic E-state index is 15.3. The Bertz CT molecular complexity index is 3600. The van der Waals surface area contributed by atoms with Crippen molar-refractivity contribution in [3.05, 3.63) is 69.8 Å². The minimum absolute atomic E-state index is 0.144. The van der Waals surface area contributed by atoms with Crippen LogP contribution in [0, 0.1) is 54.3 Å². The number of rotatable bonds is 13. The van der Waals surface area contributed by atoms with Crippen molar-refractivity contribution in [2.75, 3.05) is 26.3 Å². The van der Waals surface area contributed by atoms with Gasteiger partial charge in [-0.2, -0.15) is 0 Å². The Hall–Kier alpha value is -9.36. The summed E-state index contributed by atoms with van der Waals surface area (Å²) in [6, 6.07) is -13.4. The van der Waals surface area contributed by atoms with Crippen molar-refractivity contribution in [1.29, 1.82) is 0 Å². The first-order valence-electron chi connectivity index (χ1n) is 32.9. The van der Waals surface area contributed by atoms with E-state index in [0.29, 0.717) is 0 Å². The number of benzene rings is 1. The molecule has 0 aromatic heterocycles. The molecule has 1 aliphatic carbocycles. The number of nitrogens with one attached hydrogen (secondary N) is 9. The van der Waals surface area contributed by atoms with Crippen molar-refractivity contribution >= 4 is 82.1 Å². The molecule has 20 atom stereocenters. The number of β-amino-alcohol motifs (C(OH)–C–C–N with tert-alkyl or cyclic N) is 1. The zero-order chi connectivity index (χ0) is 77.2. The van der Waals surface area contributed by atoms with Crippen LogP contribution in [0.4, 0.5) is 0 Å². The molecule has 5 aliphatic rings. The van der Waals surface area contributed by atoms with Gasteiger partial charge in [0.15, 0.2) is 11.6 Å². The van der Waals surface area contributed by atoms with Crippen LogP contribution >= 0.6 is 0 Å². The number of ether oxygens (including phenoxy) is 2. The minimum atomic E-state index is -2.76. The quantitative estimate of drug-likeness (QED) is 0.0825. The van der Waals surface area contributed by atoms with Crippen molar-refractivity contribution in [3.8, 4) is 11.5 Å². The third kappa shape index (κ3) is 18.8. The molecule has 0 spiro atoms. The summed E-state index contributed by atoms with van der Waals surface area (Å²) in [5, 5.41) is 128. The fourth-order valence-corrected chi connectivity index (χ4v) is 11.8. The normalized spacial score (nSPS) is 31.9. The highest BCUT2D eigenvalue weighted by molar-refractivity contribution is 6.32. The number of allylic oxidation sites excluding steroid dienone is 4. The predicted molar refractivity (Wildman–Crippen MR) is 353 cm³/mol. The number of fused-ring (bicyclic) bond motifs is 14. The van der Waals surface area contributed by atoms with Crippen LogP contribution < -0.4 is 52.6 Å². The van der Waals surface area contributed by atoms with E-state index in [2.05, 4.69) is 26.6 Å². The highest BCUT2D eigenvalue weighted by Crippen LogP contribution is 2.49. The van der Waals surface area contributed by atoms with Crippen molar-refractivity contribution in [3.63, 3.8) is 0 Å². The van der Waals surface area contributed by atoms with Gasteiger partial charge in [0, 0.05) is 61.3 Å². The second kappa shape index (κ2) is 35.0. The highest BCUT2D eigenvalue weighted by Gasteiger charge is 2.53. The van der Waals surface area contributed by atoms with Crippen molar-refractivity contribution in [2.24, 2.45) is 47.3 Å². The van der Waals surface area contributed by atoms with E-state index >= 15 is 9.59 Å². The number of hydrogen-bond donors (Lipinski definition) is 19. The molecule has 0 radical (unpaired) electrons. The van der Waals surface area contributed by atoms with Gasteiger partial charge in [-0.1, -0.05) is 66.7 Å². The summed E-state index contributed by atoms with van der Waals surface area (Å²) in [5.41, 5.74) is -4.42. The number of ketones is 5. The number of aliphatic carboxylic acids is 1. The van der Waals surface area contributed by atoms with E-state index < -0.39 is 269 Å². The zero-order valence-corrected chi connectivity index (χ0v) is 58.5. The van der Waals surface area contributed by atoms with Crippen molar-refractivity contribution in [1.82, 2.24) is 47.9 Å². The Morgan fingerprint density at radius 3 is 1.89 bits per heavy atom. The standard InChI is InChI=1S/C67H93N9O26/c1-24(2)36-19-39(81)38(23-78)72-61(94)37(71-65(98)48(66(99)100)76-62(95)40(82)21-69-63(96)44(33(11)79)73-64(97)47(75-60(36)93)55(89)52(86)34(12)80)20-68-59(92)32(10)70-45-46-54(88)42-41(53(45)87)43-56(31(9)51(42)85)102-67(13,57(43)90)101-18-17-35(22-77)28(6)27(5)29(7)50(84)30(8)49(83)25(3)15-14-16-26(4)58(91)74-46/h14-18,24-25,27-30,32-33,35-38,40,44,47-50,52,55,70,77-79,82-86,89H,19-23H2,1-13H3,(H,68,92)(H,69,96)(H,71,98)(H,72,94)(H,73,97)(H,74,91)(H,75,93)(H,76,95)(H,99,100)/b15-14+,18-17+,26-16-/t25-,27+,28-,29-,30+,32?,33?,35+,36?,37?,38?,40?,44?,47?,48?,49-,50-,52?,55?,67-/m0/s1. The van der Waals surface area contributed by atoms with Gasteiger partial charge < -0.3 is 108 Å². The molecular formula is C67H93N9O26. The fourth-order valence-electron chi connectivity index (χ4n) is 11.8. The van der Waals surface area contributed by atoms with Crippen LogP contribution in [0.15, 0.2) is 47.5 Å². The maximum atomic E-state index is 15.3. The van der Waals surface area contributed by atoms with E-state index in [9.17, 15) is 109 Å². The average molecular weight is 1440 g/mol. The largest absolute Gasteiger partial charge is 0.507 e. The number of carbonyl (C=O) groups is 14. The summed E-state index contributed by atoms with van der Waals surface area (Å²) in [4.78, 5) is 196. The Morgan fingerprint density at radius 2 is 1.31 bits per heavy atom. The van der Waals surface area contributed by atoms with Crippen LogP contribution in [0.5, 0.6) is 11.5 Å². The second-order valence-corrected chi connectivity index (χ2v) is 26.7. The number of phenols is 1. The predicted octanol–water partition coefficient (Wildman–Crippen LogP) is -4.74. The number of carbonyl (C=O) groups excluding carboxylic acids is 13. The van der Waals surface area contributed by atoms with Crippen LogP contribution in [0.2, 0.25) is 0 Å². The van der Waals surface area contributed by atoms with Gasteiger partial charge in [0.2, 0.25) is 47.1 Å². The third-order valence-electron chi connectivity index (χ3n) is 19.0. The number of aliphatic hydroxyl groups excluding tert-OH is 8. The molecule has 8 amide bonds. The number of carboxylic acid groups (broad SMARTS) is 1. The van der Waals surface area contributed by atoms with Gasteiger partial charge in [-0.05, 0) is 64.4 Å². The van der Waals surface area contributed by atoms with Crippen LogP contribution in [-0.4, -0.2) is 238 Å². The lowest BCUT2D eigenvalue weighted by atomic mass is 9.72. The summed E-state index contributed by atoms with van der Waals surface area (Å²) in [6.45, 7) is 14.0. The molecule has 562 valence electrons. The molecule has 1 saturated heterocycles. The third-order valence-corrected chi connectivity index (χ3v) is 19.0. The minimum Gasteiger partial charge on any atom is -0.507 e. The van der Waals surface area contributed by atoms with E-state index in [1.54, 1.807) is 26.1 Å². The summed E-state index contributed by atoms with van der Waals surface area (Å²) >= 11 is 0. The SMILES string of the molecule is CC(=O)C(O)C(O)C1NC(=O)C(C(C)C)CC(=O)C(CO)NC(=O)C(CNC(=O)C(C)NC2=C3NC(=O)/C(C)=C\C=C\[C@H](C)[C@H](O)[C@@H](C)[C@@H](O)[C@@H](C)[C@H](C)[C@H](C)[C@@H](CO)/C=C/O[C@@]4(C)Oc5c(C)c(O)c(c(c5C4=O)C2=O)C3=O)NC(=O)C(C(=O)O)NC(=O)C(O)CNC(=O)C(C(C)O)NC1=O. The van der Waals surface area contributed by atoms with Crippen LogP contribution in [0.1, 0.15) is 126 Å². The second-order valence-electron chi connectivity index (χ2n) is 26.7. The highest BCUT2D eigenvalue weighted by atomic mass is 16.7. The maximum Gasteiger partial charge on any atom is 0.336 e. The molecule has 0 saturated carbocycles. The summed E-state index contributed by atoms with van der Waals surface area (Å²) < 4.78 is 12.0. The summed E-state index contributed by atoms with van der Waals surface area (Å²) in [7, 11) is 0. The van der Waals surface area contributed by atoms with Crippen LogP contribution in [0.25, 0.3) is 0 Å². The van der Waals surface area contributed by atoms with Crippen LogP contribution in [0.3, 0.4) is 0 Å². The van der Waals surface area contributed by atoms with E-state index in [1.165, 1.54) is 52.0 Å². The average Bonchev–Trinajstić information content (AvgIpc) is 1.49. The Balaban J connectivity index is 1.60. The number of carboxylic acids is 1. The number of aliphatic hydroxyl groups is 8. The summed E-state index contributed by atoms with van der Waals surface area (Å²) in [6.07, 6.45) is -5.60. The van der Waals surface area contributed by atoms with Gasteiger partial charge in [0.05, 0.1) is 54.4 Å². The Morgan fingerprint density at radius 1 is 0.696 bits per heavy atom. The Labute approximate surface area is 585 Å². The molecule has 102 heavy (non-hydrogen) atoms. The number of aromatic hydroxyl groups is 1. The van der Waals surface area contributed by atoms with Crippen molar-refractivity contribution in [2.45, 2.75) is 175 Å². The zero-order valence-electron chi connectivity index (χ0n) is 58.5. The van der Waals surface area contributed by atoms with E-state index in [1.807, 2.05) is 29.8 Å². The molecule has 5 bridgehead atoms. The van der Waals surface area contributed by atoms with E-state index in [0.717, 1.165) is 34.0 Å². The van der Waals surface area contributed by atoms with Gasteiger partial charge in [-0.15, -0.1) is 0 Å². The van der Waals surface area contributed by atoms with Crippen molar-refractivity contribution < 1.29 is 128 Å². The molecule has 35 nitrogen and oxygen atoms in total. The molecule has 35 heteroatoms. The summed E-state index contributed by atoms with van der Waals surface area (Å²) in [5.74, 6) is -29.0. The van der Waals surface area contributed by atoms with E-state index in [4.69, 9.17) is 9.47 Å². The smallest absolute Gasteiger partial charge is 0.336 e. The first-order valence-corrected chi connectivity index (χ1v) is 32.9. The molecule has 1 fully saturated rings. The van der Waals surface area contributed by atoms with Gasteiger partial charge in [-0.25, -0.2) is 4.79 Å². The number of hydrogen-bond acceptors (Lipinski definition) is 26. The van der Waals surface area contributed by atoms with Gasteiger partial charge in [0.25, 0.3) is 23.5 Å². The lowest BCUT2D eigenvalue weighted by Crippen LogP contribution is -2.63. The van der Waals surface area contributed by atoms with Crippen LogP contribution in [-0.2, 0) is 57.5 Å². The number of phenolic OH excluding ortho intramolecular Hbond substituents is 1. The first-order chi connectivity index (χ1) is 47.5. The van der Waals surface area contributed by atoms with E-state index in [-0.39, 0.29) is 23.0 Å². The molecule has 4 aliphatic heterocycles. The molecule has 11 unspecified atom stereocenters. The van der Waals surface area contributed by atoms with Gasteiger partial charge in [-0.3, -0.25) is 62.3 Å². The van der Waals surface area contributed by atoms with Gasteiger partial charge >= 0.3 is 11.8 Å². The Kier molecular flexibility index (Phi) is 28.6.